The number of carbonyl (C=O) groups excluding carboxylic acids is 1. The van der Waals surface area contributed by atoms with Crippen molar-refractivity contribution in [2.45, 2.75) is 122 Å². The van der Waals surface area contributed by atoms with Crippen molar-refractivity contribution >= 4 is 5.78 Å². The molecule has 2 heteroatoms. The highest BCUT2D eigenvalue weighted by Crippen LogP contribution is 2.36. The van der Waals surface area contributed by atoms with E-state index in [0.29, 0.717) is 23.8 Å². The second-order valence-electron chi connectivity index (χ2n) is 8.47. The first-order chi connectivity index (χ1) is 11.7. The van der Waals surface area contributed by atoms with E-state index in [4.69, 9.17) is 0 Å². The summed E-state index contributed by atoms with van der Waals surface area (Å²) in [6, 6.07) is 1.39. The van der Waals surface area contributed by atoms with Crippen LogP contribution in [0.3, 0.4) is 0 Å². The van der Waals surface area contributed by atoms with Gasteiger partial charge in [-0.3, -0.25) is 4.79 Å². The molecule has 0 amide bonds. The van der Waals surface area contributed by atoms with Gasteiger partial charge in [0.25, 0.3) is 0 Å². The highest BCUT2D eigenvalue weighted by atomic mass is 16.1. The van der Waals surface area contributed by atoms with Crippen molar-refractivity contribution in [3.63, 3.8) is 0 Å². The number of hydrogen-bond donors (Lipinski definition) is 0. The van der Waals surface area contributed by atoms with Crippen LogP contribution in [-0.4, -0.2) is 29.8 Å². The Kier molecular flexibility index (Phi) is 9.38. The molecule has 0 aromatic rings. The third-order valence-corrected chi connectivity index (χ3v) is 6.57. The summed E-state index contributed by atoms with van der Waals surface area (Å²) < 4.78 is 0. The minimum Gasteiger partial charge on any atom is -0.300 e. The number of piperidine rings is 2. The first-order valence-electron chi connectivity index (χ1n) is 11.0. The summed E-state index contributed by atoms with van der Waals surface area (Å²) in [6.07, 6.45) is 20.6. The van der Waals surface area contributed by atoms with E-state index in [1.54, 1.807) is 0 Å². The molecule has 2 fully saturated rings. The van der Waals surface area contributed by atoms with Crippen molar-refractivity contribution in [3.05, 3.63) is 0 Å². The second-order valence-corrected chi connectivity index (χ2v) is 8.47. The minimum absolute atomic E-state index is 0.384. The summed E-state index contributed by atoms with van der Waals surface area (Å²) in [4.78, 5) is 15.1. The Balaban J connectivity index is 1.48. The number of fused-ring (bicyclic) bond motifs is 2. The minimum atomic E-state index is 0.384. The van der Waals surface area contributed by atoms with Crippen molar-refractivity contribution in [1.29, 1.82) is 0 Å². The summed E-state index contributed by atoms with van der Waals surface area (Å²) >= 11 is 0. The molecule has 2 atom stereocenters. The van der Waals surface area contributed by atoms with Crippen LogP contribution in [0, 0.1) is 5.92 Å². The van der Waals surface area contributed by atoms with E-state index in [1.165, 1.54) is 77.0 Å². The van der Waals surface area contributed by atoms with Crippen molar-refractivity contribution < 1.29 is 4.79 Å². The number of hydrogen-bond acceptors (Lipinski definition) is 2. The zero-order valence-corrected chi connectivity index (χ0v) is 16.4. The molecule has 0 saturated carbocycles. The predicted molar refractivity (Wildman–Crippen MR) is 103 cm³/mol. The summed E-state index contributed by atoms with van der Waals surface area (Å²) in [5.41, 5.74) is 0. The van der Waals surface area contributed by atoms with E-state index >= 15 is 0 Å². The summed E-state index contributed by atoms with van der Waals surface area (Å²) in [5.74, 6) is 0.967. The molecular weight excluding hydrogens is 294 g/mol. The van der Waals surface area contributed by atoms with Crippen molar-refractivity contribution in [1.82, 2.24) is 4.90 Å². The van der Waals surface area contributed by atoms with Gasteiger partial charge >= 0.3 is 0 Å². The lowest BCUT2D eigenvalue weighted by molar-refractivity contribution is -0.126. The lowest BCUT2D eigenvalue weighted by Crippen LogP contribution is -2.51. The smallest absolute Gasteiger partial charge is 0.136 e. The third kappa shape index (κ3) is 6.50. The van der Waals surface area contributed by atoms with Crippen LogP contribution in [0.4, 0.5) is 0 Å². The van der Waals surface area contributed by atoms with Gasteiger partial charge in [0.1, 0.15) is 5.78 Å². The molecule has 2 aliphatic heterocycles. The maximum atomic E-state index is 12.6. The Hall–Kier alpha value is -0.370. The van der Waals surface area contributed by atoms with Crippen LogP contribution in [0.15, 0.2) is 0 Å². The molecule has 0 radical (unpaired) electrons. The lowest BCUT2D eigenvalue weighted by atomic mass is 9.76. The molecule has 2 heterocycles. The van der Waals surface area contributed by atoms with E-state index in [2.05, 4.69) is 18.9 Å². The highest BCUT2D eigenvalue weighted by Gasteiger charge is 2.38. The molecule has 2 unspecified atom stereocenters. The van der Waals surface area contributed by atoms with Gasteiger partial charge in [-0.25, -0.2) is 0 Å². The number of carbonyl (C=O) groups is 1. The van der Waals surface area contributed by atoms with Crippen LogP contribution in [0.25, 0.3) is 0 Å². The van der Waals surface area contributed by atoms with Gasteiger partial charge in [0, 0.05) is 24.4 Å². The van der Waals surface area contributed by atoms with Gasteiger partial charge in [-0.2, -0.15) is 0 Å². The van der Waals surface area contributed by atoms with Crippen LogP contribution in [0.5, 0.6) is 0 Å². The number of ketones is 1. The van der Waals surface area contributed by atoms with Crippen LogP contribution < -0.4 is 0 Å². The van der Waals surface area contributed by atoms with E-state index in [1.807, 2.05) is 0 Å². The van der Waals surface area contributed by atoms with Gasteiger partial charge in [-0.1, -0.05) is 71.1 Å². The molecule has 2 nitrogen and oxygen atoms in total. The molecule has 2 aliphatic rings. The SMILES string of the molecule is CCCCCCCCCCCCC(=O)C1CC2CCCC(C1)N2C. The lowest BCUT2D eigenvalue weighted by Gasteiger charge is -2.46. The van der Waals surface area contributed by atoms with Crippen LogP contribution >= 0.6 is 0 Å². The average Bonchev–Trinajstić information content (AvgIpc) is 2.56. The summed E-state index contributed by atoms with van der Waals surface area (Å²) in [5, 5.41) is 0. The Morgan fingerprint density at radius 1 is 0.833 bits per heavy atom. The molecule has 0 N–H and O–H groups in total. The van der Waals surface area contributed by atoms with Gasteiger partial charge in [0.15, 0.2) is 0 Å². The Morgan fingerprint density at radius 3 is 1.88 bits per heavy atom. The normalized spacial score (nSPS) is 27.3. The Morgan fingerprint density at radius 2 is 1.33 bits per heavy atom. The Bertz CT molecular complexity index is 340. The second kappa shape index (κ2) is 11.3. The van der Waals surface area contributed by atoms with Gasteiger partial charge in [0.05, 0.1) is 0 Å². The summed E-state index contributed by atoms with van der Waals surface area (Å²) in [7, 11) is 2.28. The monoisotopic (exact) mass is 335 g/mol. The largest absolute Gasteiger partial charge is 0.300 e. The molecule has 0 aromatic carbocycles. The van der Waals surface area contributed by atoms with Crippen LogP contribution in [-0.2, 0) is 4.79 Å². The zero-order valence-electron chi connectivity index (χ0n) is 16.4. The number of rotatable bonds is 12. The van der Waals surface area contributed by atoms with E-state index in [-0.39, 0.29) is 0 Å². The van der Waals surface area contributed by atoms with Crippen molar-refractivity contribution in [3.8, 4) is 0 Å². The van der Waals surface area contributed by atoms with E-state index in [9.17, 15) is 4.79 Å². The molecular formula is C22H41NO. The van der Waals surface area contributed by atoms with E-state index in [0.717, 1.165) is 25.7 Å². The van der Waals surface area contributed by atoms with Crippen LogP contribution in [0.1, 0.15) is 110 Å². The first-order valence-corrected chi connectivity index (χ1v) is 11.0. The number of Topliss-reactive ketones (excluding diaryl/α,β-unsaturated/α-hetero) is 1. The Labute approximate surface area is 150 Å². The molecule has 140 valence electrons. The van der Waals surface area contributed by atoms with Crippen LogP contribution in [0.2, 0.25) is 0 Å². The van der Waals surface area contributed by atoms with Gasteiger partial charge in [-0.05, 0) is 39.2 Å². The first kappa shape index (κ1) is 19.9. The van der Waals surface area contributed by atoms with Gasteiger partial charge < -0.3 is 4.90 Å². The van der Waals surface area contributed by atoms with Gasteiger partial charge in [-0.15, -0.1) is 0 Å². The molecule has 2 rings (SSSR count). The standard InChI is InChI=1S/C22H41NO/c1-3-4-5-6-7-8-9-10-11-12-16-22(24)19-17-20-14-13-15-21(18-19)23(20)2/h19-21H,3-18H2,1-2H3. The third-order valence-electron chi connectivity index (χ3n) is 6.57. The van der Waals surface area contributed by atoms with Gasteiger partial charge in [0.2, 0.25) is 0 Å². The predicted octanol–water partition coefficient (Wildman–Crippen LogP) is 6.13. The zero-order chi connectivity index (χ0) is 17.2. The molecule has 0 aromatic heterocycles. The maximum Gasteiger partial charge on any atom is 0.136 e. The molecule has 0 aliphatic carbocycles. The quantitative estimate of drug-likeness (QED) is 0.400. The topological polar surface area (TPSA) is 20.3 Å². The fraction of sp³-hybridized carbons (Fsp3) is 0.955. The highest BCUT2D eigenvalue weighted by molar-refractivity contribution is 5.81. The molecule has 24 heavy (non-hydrogen) atoms. The fourth-order valence-electron chi connectivity index (χ4n) is 4.87. The van der Waals surface area contributed by atoms with Crippen molar-refractivity contribution in [2.75, 3.05) is 7.05 Å². The molecule has 2 saturated heterocycles. The summed E-state index contributed by atoms with van der Waals surface area (Å²) in [6.45, 7) is 2.28. The molecule has 2 bridgehead atoms. The molecule has 0 spiro atoms. The fourth-order valence-corrected chi connectivity index (χ4v) is 4.87. The average molecular weight is 336 g/mol. The number of nitrogens with zero attached hydrogens (tertiary/aromatic N) is 1. The maximum absolute atomic E-state index is 12.6. The number of unbranched alkanes of at least 4 members (excludes halogenated alkanes) is 9. The van der Waals surface area contributed by atoms with E-state index < -0.39 is 0 Å². The van der Waals surface area contributed by atoms with Crippen molar-refractivity contribution in [2.24, 2.45) is 5.92 Å².